The van der Waals surface area contributed by atoms with Crippen LogP contribution in [0, 0.1) is 0 Å². The minimum Gasteiger partial charge on any atom is -0.481 e. The van der Waals surface area contributed by atoms with E-state index < -0.39 is 6.10 Å². The van der Waals surface area contributed by atoms with E-state index in [2.05, 4.69) is 24.5 Å². The Morgan fingerprint density at radius 2 is 1.67 bits per heavy atom. The molecule has 2 N–H and O–H groups in total. The largest absolute Gasteiger partial charge is 0.481 e. The molecule has 0 bridgehead atoms. The number of rotatable bonds is 5. The first kappa shape index (κ1) is 22.4. The second-order valence-electron chi connectivity index (χ2n) is 8.62. The van der Waals surface area contributed by atoms with Crippen LogP contribution < -0.4 is 15.4 Å². The minimum absolute atomic E-state index is 0.0628. The van der Waals surface area contributed by atoms with Gasteiger partial charge in [0.2, 0.25) is 0 Å². The van der Waals surface area contributed by atoms with E-state index in [0.29, 0.717) is 30.4 Å². The minimum atomic E-state index is -0.578. The lowest BCUT2D eigenvalue weighted by molar-refractivity contribution is -0.138. The summed E-state index contributed by atoms with van der Waals surface area (Å²) in [6, 6.07) is 22.8. The maximum Gasteiger partial charge on any atom is 0.323 e. The third-order valence-corrected chi connectivity index (χ3v) is 5.69. The predicted molar refractivity (Wildman–Crippen MR) is 130 cm³/mol. The molecule has 1 aliphatic rings. The molecule has 1 heterocycles. The number of amides is 3. The topological polar surface area (TPSA) is 70.7 Å². The van der Waals surface area contributed by atoms with Gasteiger partial charge in [-0.05, 0) is 54.3 Å². The number of anilines is 2. The van der Waals surface area contributed by atoms with E-state index in [9.17, 15) is 9.59 Å². The summed E-state index contributed by atoms with van der Waals surface area (Å²) < 4.78 is 5.90. The summed E-state index contributed by atoms with van der Waals surface area (Å²) >= 11 is 0. The van der Waals surface area contributed by atoms with Crippen LogP contribution in [0.4, 0.5) is 16.2 Å². The number of urea groups is 1. The zero-order chi connectivity index (χ0) is 23.4. The van der Waals surface area contributed by atoms with Crippen LogP contribution in [0.15, 0.2) is 72.8 Å². The van der Waals surface area contributed by atoms with Crippen molar-refractivity contribution in [3.05, 3.63) is 89.5 Å². The third-order valence-electron chi connectivity index (χ3n) is 5.69. The molecule has 4 rings (SSSR count). The van der Waals surface area contributed by atoms with Crippen LogP contribution >= 0.6 is 0 Å². The van der Waals surface area contributed by atoms with Crippen molar-refractivity contribution < 1.29 is 14.3 Å². The van der Waals surface area contributed by atoms with Gasteiger partial charge in [-0.1, -0.05) is 56.3 Å². The van der Waals surface area contributed by atoms with Gasteiger partial charge in [0.05, 0.1) is 0 Å². The van der Waals surface area contributed by atoms with Gasteiger partial charge in [-0.15, -0.1) is 0 Å². The first-order chi connectivity index (χ1) is 15.9. The highest BCUT2D eigenvalue weighted by atomic mass is 16.5. The summed E-state index contributed by atoms with van der Waals surface area (Å²) in [5, 5.41) is 5.73. The number of nitrogens with one attached hydrogen (secondary N) is 2. The van der Waals surface area contributed by atoms with Crippen molar-refractivity contribution in [2.75, 3.05) is 10.6 Å². The van der Waals surface area contributed by atoms with E-state index in [1.807, 2.05) is 60.7 Å². The maximum atomic E-state index is 12.9. The van der Waals surface area contributed by atoms with Gasteiger partial charge >= 0.3 is 6.03 Å². The molecule has 3 amide bonds. The normalized spacial score (nSPS) is 15.5. The summed E-state index contributed by atoms with van der Waals surface area (Å²) in [5.41, 5.74) is 4.48. The molecule has 3 aromatic rings. The summed E-state index contributed by atoms with van der Waals surface area (Å²) in [4.78, 5) is 27.2. The zero-order valence-electron chi connectivity index (χ0n) is 19.2. The van der Waals surface area contributed by atoms with Crippen LogP contribution in [0.2, 0.25) is 0 Å². The van der Waals surface area contributed by atoms with Crippen LogP contribution in [-0.4, -0.2) is 22.9 Å². The number of fused-ring (bicyclic) bond motifs is 1. The van der Waals surface area contributed by atoms with E-state index in [0.717, 1.165) is 16.8 Å². The molecule has 33 heavy (non-hydrogen) atoms. The molecule has 0 aliphatic carbocycles. The molecule has 6 heteroatoms. The van der Waals surface area contributed by atoms with E-state index in [4.69, 9.17) is 4.74 Å². The van der Waals surface area contributed by atoms with Crippen molar-refractivity contribution in [2.45, 2.75) is 45.9 Å². The molecule has 170 valence electrons. The number of carbonyl (C=O) groups excluding carboxylic acids is 2. The number of hydrogen-bond donors (Lipinski definition) is 2. The van der Waals surface area contributed by atoms with Crippen molar-refractivity contribution in [3.63, 3.8) is 0 Å². The summed E-state index contributed by atoms with van der Waals surface area (Å²) in [6.45, 7) is 6.93. The van der Waals surface area contributed by atoms with Gasteiger partial charge in [0.1, 0.15) is 5.75 Å². The Morgan fingerprint density at radius 3 is 2.36 bits per heavy atom. The Bertz CT molecular complexity index is 1130. The highest BCUT2D eigenvalue weighted by Gasteiger charge is 2.28. The molecule has 1 unspecified atom stereocenters. The Morgan fingerprint density at radius 1 is 1.00 bits per heavy atom. The Kier molecular flexibility index (Phi) is 6.63. The van der Waals surface area contributed by atoms with E-state index in [-0.39, 0.29) is 11.9 Å². The predicted octanol–water partition coefficient (Wildman–Crippen LogP) is 5.76. The fourth-order valence-corrected chi connectivity index (χ4v) is 3.86. The van der Waals surface area contributed by atoms with Crippen molar-refractivity contribution in [2.24, 2.45) is 0 Å². The zero-order valence-corrected chi connectivity index (χ0v) is 19.2. The lowest BCUT2D eigenvalue weighted by atomic mass is 10.0. The van der Waals surface area contributed by atoms with Crippen LogP contribution in [-0.2, 0) is 17.9 Å². The van der Waals surface area contributed by atoms with Crippen LogP contribution in [0.5, 0.6) is 5.75 Å². The van der Waals surface area contributed by atoms with Crippen LogP contribution in [0.25, 0.3) is 0 Å². The molecular weight excluding hydrogens is 414 g/mol. The van der Waals surface area contributed by atoms with Crippen molar-refractivity contribution in [1.29, 1.82) is 0 Å². The lowest BCUT2D eigenvalue weighted by Gasteiger charge is -2.22. The molecule has 3 aromatic carbocycles. The lowest BCUT2D eigenvalue weighted by Crippen LogP contribution is -2.37. The van der Waals surface area contributed by atoms with Gasteiger partial charge in [0.25, 0.3) is 5.91 Å². The summed E-state index contributed by atoms with van der Waals surface area (Å²) in [7, 11) is 0. The molecular formula is C27H29N3O3. The van der Waals surface area contributed by atoms with Crippen molar-refractivity contribution >= 4 is 23.3 Å². The fourth-order valence-electron chi connectivity index (χ4n) is 3.86. The van der Waals surface area contributed by atoms with Gasteiger partial charge < -0.3 is 20.3 Å². The fraction of sp³-hybridized carbons (Fsp3) is 0.259. The third kappa shape index (κ3) is 5.52. The number of nitrogens with zero attached hydrogens (tertiary/aromatic N) is 1. The molecule has 0 fully saturated rings. The van der Waals surface area contributed by atoms with E-state index >= 15 is 0 Å². The number of hydrogen-bond acceptors (Lipinski definition) is 3. The average Bonchev–Trinajstić information content (AvgIpc) is 2.91. The van der Waals surface area contributed by atoms with E-state index in [1.165, 1.54) is 5.56 Å². The van der Waals surface area contributed by atoms with Crippen molar-refractivity contribution in [3.8, 4) is 5.75 Å². The number of carbonyl (C=O) groups is 2. The smallest absolute Gasteiger partial charge is 0.323 e. The standard InChI is InChI=1S/C27H29N3O3/c1-18(2)21-9-11-23(12-10-21)28-27(32)29-24-13-14-25-22(15-24)17-30(26(31)19(3)33-25)16-20-7-5-4-6-8-20/h4-15,18-19H,16-17H2,1-3H3,(H2,28,29,32). The average molecular weight is 444 g/mol. The molecule has 0 spiro atoms. The van der Waals surface area contributed by atoms with Gasteiger partial charge in [-0.2, -0.15) is 0 Å². The second-order valence-corrected chi connectivity index (χ2v) is 8.62. The molecule has 1 atom stereocenters. The molecule has 0 saturated heterocycles. The van der Waals surface area contributed by atoms with Gasteiger partial charge in [-0.3, -0.25) is 4.79 Å². The van der Waals surface area contributed by atoms with Crippen LogP contribution in [0.1, 0.15) is 43.4 Å². The Hall–Kier alpha value is -3.80. The SMILES string of the molecule is CC1Oc2ccc(NC(=O)Nc3ccc(C(C)C)cc3)cc2CN(Cc2ccccc2)C1=O. The van der Waals surface area contributed by atoms with Gasteiger partial charge in [0, 0.05) is 30.0 Å². The maximum absolute atomic E-state index is 12.9. The molecule has 1 aliphatic heterocycles. The highest BCUT2D eigenvalue weighted by Crippen LogP contribution is 2.29. The molecule has 0 radical (unpaired) electrons. The molecule has 6 nitrogen and oxygen atoms in total. The number of benzene rings is 3. The van der Waals surface area contributed by atoms with E-state index in [1.54, 1.807) is 24.0 Å². The Balaban J connectivity index is 1.47. The van der Waals surface area contributed by atoms with Crippen LogP contribution in [0.3, 0.4) is 0 Å². The van der Waals surface area contributed by atoms with Gasteiger partial charge in [-0.25, -0.2) is 4.79 Å². The number of ether oxygens (including phenoxy) is 1. The summed E-state index contributed by atoms with van der Waals surface area (Å²) in [6.07, 6.45) is -0.578. The Labute approximate surface area is 194 Å². The van der Waals surface area contributed by atoms with Crippen molar-refractivity contribution in [1.82, 2.24) is 4.90 Å². The quantitative estimate of drug-likeness (QED) is 0.526. The molecule has 0 aromatic heterocycles. The summed E-state index contributed by atoms with van der Waals surface area (Å²) in [5.74, 6) is 1.03. The monoisotopic (exact) mass is 443 g/mol. The molecule has 0 saturated carbocycles. The highest BCUT2D eigenvalue weighted by molar-refractivity contribution is 5.99. The van der Waals surface area contributed by atoms with Gasteiger partial charge in [0.15, 0.2) is 6.10 Å². The second kappa shape index (κ2) is 9.77. The first-order valence-corrected chi connectivity index (χ1v) is 11.2. The first-order valence-electron chi connectivity index (χ1n) is 11.2.